The highest BCUT2D eigenvalue weighted by Gasteiger charge is 2.33. The summed E-state index contributed by atoms with van der Waals surface area (Å²) in [6.45, 7) is 5.15. The van der Waals surface area contributed by atoms with Crippen molar-refractivity contribution in [1.29, 1.82) is 0 Å². The lowest BCUT2D eigenvalue weighted by Gasteiger charge is -2.36. The molecule has 0 heterocycles. The molecule has 0 aliphatic heterocycles. The molecule has 4 unspecified atom stereocenters. The Bertz CT molecular complexity index is 351. The quantitative estimate of drug-likeness (QED) is 0.824. The van der Waals surface area contributed by atoms with E-state index in [-0.39, 0.29) is 12.2 Å². The number of benzene rings is 1. The monoisotopic (exact) mass is 262 g/mol. The van der Waals surface area contributed by atoms with Crippen LogP contribution in [0.4, 0.5) is 0 Å². The lowest BCUT2D eigenvalue weighted by atomic mass is 9.79. The molecular formula is C17H26O2. The van der Waals surface area contributed by atoms with Crippen molar-refractivity contribution < 1.29 is 9.84 Å². The van der Waals surface area contributed by atoms with E-state index in [0.717, 1.165) is 25.9 Å². The maximum absolute atomic E-state index is 10.1. The molecule has 0 amide bonds. The van der Waals surface area contributed by atoms with Crippen LogP contribution < -0.4 is 0 Å². The first-order chi connectivity index (χ1) is 9.16. The zero-order chi connectivity index (χ0) is 13.7. The highest BCUT2D eigenvalue weighted by Crippen LogP contribution is 2.31. The first kappa shape index (κ1) is 14.5. The minimum Gasteiger partial charge on any atom is -0.390 e. The Hall–Kier alpha value is -0.860. The van der Waals surface area contributed by atoms with Crippen molar-refractivity contribution in [3.8, 4) is 0 Å². The summed E-state index contributed by atoms with van der Waals surface area (Å²) in [7, 11) is 0. The van der Waals surface area contributed by atoms with E-state index in [2.05, 4.69) is 38.1 Å². The fraction of sp³-hybridized carbons (Fsp3) is 0.647. The molecule has 1 saturated carbocycles. The van der Waals surface area contributed by atoms with Gasteiger partial charge in [-0.15, -0.1) is 0 Å². The molecule has 0 radical (unpaired) electrons. The maximum Gasteiger partial charge on any atom is 0.0859 e. The third-order valence-electron chi connectivity index (χ3n) is 4.12. The summed E-state index contributed by atoms with van der Waals surface area (Å²) < 4.78 is 5.93. The van der Waals surface area contributed by atoms with Crippen molar-refractivity contribution in [2.24, 2.45) is 11.8 Å². The molecule has 1 N–H and O–H groups in total. The van der Waals surface area contributed by atoms with Gasteiger partial charge in [0.25, 0.3) is 0 Å². The largest absolute Gasteiger partial charge is 0.390 e. The molecule has 1 fully saturated rings. The molecule has 0 saturated heterocycles. The second-order valence-corrected chi connectivity index (χ2v) is 6.05. The molecule has 0 bridgehead atoms. The van der Waals surface area contributed by atoms with E-state index < -0.39 is 0 Å². The third-order valence-corrected chi connectivity index (χ3v) is 4.12. The highest BCUT2D eigenvalue weighted by atomic mass is 16.5. The van der Waals surface area contributed by atoms with Crippen LogP contribution in [-0.4, -0.2) is 23.9 Å². The molecule has 106 valence electrons. The van der Waals surface area contributed by atoms with Crippen LogP contribution in [0.25, 0.3) is 0 Å². The van der Waals surface area contributed by atoms with Crippen molar-refractivity contribution >= 4 is 0 Å². The summed E-state index contributed by atoms with van der Waals surface area (Å²) in [5, 5.41) is 10.1. The molecule has 1 aromatic rings. The molecule has 0 aromatic heterocycles. The number of rotatable bonds is 5. The van der Waals surface area contributed by atoms with Gasteiger partial charge in [0.15, 0.2) is 0 Å². The summed E-state index contributed by atoms with van der Waals surface area (Å²) in [5.41, 5.74) is 1.36. The van der Waals surface area contributed by atoms with Crippen molar-refractivity contribution in [3.05, 3.63) is 35.9 Å². The van der Waals surface area contributed by atoms with E-state index in [1.807, 2.05) is 6.07 Å². The summed E-state index contributed by atoms with van der Waals surface area (Å²) in [6, 6.07) is 10.5. The number of aliphatic hydroxyl groups excluding tert-OH is 1. The van der Waals surface area contributed by atoms with Crippen molar-refractivity contribution in [2.75, 3.05) is 6.61 Å². The average molecular weight is 262 g/mol. The van der Waals surface area contributed by atoms with E-state index in [9.17, 15) is 5.11 Å². The molecule has 4 atom stereocenters. The fourth-order valence-corrected chi connectivity index (χ4v) is 3.21. The molecular weight excluding hydrogens is 236 g/mol. The normalized spacial score (nSPS) is 31.3. The molecule has 2 rings (SSSR count). The van der Waals surface area contributed by atoms with Crippen LogP contribution in [0.3, 0.4) is 0 Å². The van der Waals surface area contributed by atoms with E-state index in [4.69, 9.17) is 4.74 Å². The van der Waals surface area contributed by atoms with Crippen molar-refractivity contribution in [3.63, 3.8) is 0 Å². The molecule has 19 heavy (non-hydrogen) atoms. The van der Waals surface area contributed by atoms with Crippen molar-refractivity contribution in [2.45, 2.75) is 51.7 Å². The van der Waals surface area contributed by atoms with Crippen LogP contribution in [0, 0.1) is 11.8 Å². The Balaban J connectivity index is 1.70. The maximum atomic E-state index is 10.1. The van der Waals surface area contributed by atoms with E-state index >= 15 is 0 Å². The standard InChI is InChI=1S/C17H26O2/c1-13-11-14(2)17(16(18)12-13)19-10-6-9-15-7-4-3-5-8-15/h3-5,7-8,13-14,16-18H,6,9-12H2,1-2H3. The zero-order valence-corrected chi connectivity index (χ0v) is 12.1. The van der Waals surface area contributed by atoms with Gasteiger partial charge in [0.2, 0.25) is 0 Å². The Kier molecular flexibility index (Phi) is 5.41. The second-order valence-electron chi connectivity index (χ2n) is 6.05. The van der Waals surface area contributed by atoms with E-state index in [1.165, 1.54) is 12.0 Å². The van der Waals surface area contributed by atoms with Gasteiger partial charge in [-0.25, -0.2) is 0 Å². The third kappa shape index (κ3) is 4.32. The van der Waals surface area contributed by atoms with Gasteiger partial charge in [-0.05, 0) is 43.1 Å². The smallest absolute Gasteiger partial charge is 0.0859 e. The highest BCUT2D eigenvalue weighted by molar-refractivity contribution is 5.14. The summed E-state index contributed by atoms with van der Waals surface area (Å²) in [5.74, 6) is 1.09. The Morgan fingerprint density at radius 1 is 1.16 bits per heavy atom. The van der Waals surface area contributed by atoms with Crippen LogP contribution in [0.2, 0.25) is 0 Å². The predicted octanol–water partition coefficient (Wildman–Crippen LogP) is 3.43. The predicted molar refractivity (Wildman–Crippen MR) is 78.1 cm³/mol. The number of aliphatic hydroxyl groups is 1. The Morgan fingerprint density at radius 2 is 1.89 bits per heavy atom. The van der Waals surface area contributed by atoms with Gasteiger partial charge >= 0.3 is 0 Å². The average Bonchev–Trinajstić information content (AvgIpc) is 2.38. The van der Waals surface area contributed by atoms with Crippen LogP contribution >= 0.6 is 0 Å². The second kappa shape index (κ2) is 7.06. The van der Waals surface area contributed by atoms with Gasteiger partial charge < -0.3 is 9.84 Å². The van der Waals surface area contributed by atoms with Crippen LogP contribution in [0.5, 0.6) is 0 Å². The zero-order valence-electron chi connectivity index (χ0n) is 12.1. The van der Waals surface area contributed by atoms with Gasteiger partial charge in [-0.1, -0.05) is 44.2 Å². The number of ether oxygens (including phenoxy) is 1. The topological polar surface area (TPSA) is 29.5 Å². The lowest BCUT2D eigenvalue weighted by Crippen LogP contribution is -2.41. The summed E-state index contributed by atoms with van der Waals surface area (Å²) in [6.07, 6.45) is 3.88. The van der Waals surface area contributed by atoms with Crippen LogP contribution in [0.1, 0.15) is 38.7 Å². The fourth-order valence-electron chi connectivity index (χ4n) is 3.21. The first-order valence-electron chi connectivity index (χ1n) is 7.50. The van der Waals surface area contributed by atoms with Gasteiger partial charge in [0.1, 0.15) is 0 Å². The first-order valence-corrected chi connectivity index (χ1v) is 7.50. The number of hydrogen-bond acceptors (Lipinski definition) is 2. The van der Waals surface area contributed by atoms with Gasteiger partial charge in [0.05, 0.1) is 12.2 Å². The molecule has 1 aromatic carbocycles. The van der Waals surface area contributed by atoms with E-state index in [0.29, 0.717) is 11.8 Å². The summed E-state index contributed by atoms with van der Waals surface area (Å²) in [4.78, 5) is 0. The van der Waals surface area contributed by atoms with Crippen LogP contribution in [0.15, 0.2) is 30.3 Å². The van der Waals surface area contributed by atoms with Crippen molar-refractivity contribution in [1.82, 2.24) is 0 Å². The Morgan fingerprint density at radius 3 is 2.58 bits per heavy atom. The SMILES string of the molecule is CC1CC(C)C(OCCCc2ccccc2)C(O)C1. The van der Waals surface area contributed by atoms with Gasteiger partial charge in [0, 0.05) is 6.61 Å². The Labute approximate surface area is 116 Å². The minimum atomic E-state index is -0.282. The molecule has 1 aliphatic rings. The number of aryl methyl sites for hydroxylation is 1. The summed E-state index contributed by atoms with van der Waals surface area (Å²) >= 11 is 0. The lowest BCUT2D eigenvalue weighted by molar-refractivity contribution is -0.0960. The van der Waals surface area contributed by atoms with Crippen LogP contribution in [-0.2, 0) is 11.2 Å². The van der Waals surface area contributed by atoms with Gasteiger partial charge in [-0.2, -0.15) is 0 Å². The number of hydrogen-bond donors (Lipinski definition) is 1. The molecule has 2 nitrogen and oxygen atoms in total. The van der Waals surface area contributed by atoms with Gasteiger partial charge in [-0.3, -0.25) is 0 Å². The minimum absolute atomic E-state index is 0.0342. The molecule has 1 aliphatic carbocycles. The van der Waals surface area contributed by atoms with E-state index in [1.54, 1.807) is 0 Å². The molecule has 2 heteroatoms. The molecule has 0 spiro atoms.